The van der Waals surface area contributed by atoms with Crippen molar-refractivity contribution in [3.63, 3.8) is 0 Å². The minimum Gasteiger partial charge on any atom is -0.450 e. The van der Waals surface area contributed by atoms with E-state index >= 15 is 0 Å². The summed E-state index contributed by atoms with van der Waals surface area (Å²) in [6, 6.07) is 3.84. The summed E-state index contributed by atoms with van der Waals surface area (Å²) in [5, 5.41) is 0. The quantitative estimate of drug-likeness (QED) is 0.839. The number of hydrogen-bond acceptors (Lipinski definition) is 4. The molecule has 114 valence electrons. The zero-order chi connectivity index (χ0) is 15.1. The predicted octanol–water partition coefficient (Wildman–Crippen LogP) is 1.31. The summed E-state index contributed by atoms with van der Waals surface area (Å²) in [7, 11) is 0. The molecule has 21 heavy (non-hydrogen) atoms. The van der Waals surface area contributed by atoms with Gasteiger partial charge in [0.25, 0.3) is 0 Å². The topological polar surface area (TPSA) is 62.7 Å². The molecule has 0 atom stereocenters. The molecule has 0 unspecified atom stereocenters. The molecule has 0 bridgehead atoms. The van der Waals surface area contributed by atoms with Gasteiger partial charge in [0.15, 0.2) is 0 Å². The van der Waals surface area contributed by atoms with Crippen molar-refractivity contribution in [3.05, 3.63) is 30.1 Å². The summed E-state index contributed by atoms with van der Waals surface area (Å²) in [6.45, 7) is 4.39. The number of nitrogens with zero attached hydrogens (tertiary/aromatic N) is 3. The van der Waals surface area contributed by atoms with E-state index in [2.05, 4.69) is 4.98 Å². The normalized spacial score (nSPS) is 14.9. The SMILES string of the molecule is CCOC(=O)N1CCN(C(=O)CCc2cccnc2)CC1. The van der Waals surface area contributed by atoms with Crippen molar-refractivity contribution in [1.82, 2.24) is 14.8 Å². The number of carbonyl (C=O) groups excluding carboxylic acids is 2. The van der Waals surface area contributed by atoms with Crippen LogP contribution in [0.2, 0.25) is 0 Å². The predicted molar refractivity (Wildman–Crippen MR) is 77.7 cm³/mol. The zero-order valence-corrected chi connectivity index (χ0v) is 12.3. The van der Waals surface area contributed by atoms with Crippen LogP contribution in [0.15, 0.2) is 24.5 Å². The molecule has 0 radical (unpaired) electrons. The van der Waals surface area contributed by atoms with E-state index in [1.54, 1.807) is 24.2 Å². The summed E-state index contributed by atoms with van der Waals surface area (Å²) < 4.78 is 4.96. The van der Waals surface area contributed by atoms with Crippen LogP contribution in [0.25, 0.3) is 0 Å². The first-order chi connectivity index (χ1) is 10.2. The van der Waals surface area contributed by atoms with Gasteiger partial charge in [0, 0.05) is 45.0 Å². The molecule has 6 nitrogen and oxygen atoms in total. The maximum absolute atomic E-state index is 12.1. The van der Waals surface area contributed by atoms with Crippen molar-refractivity contribution < 1.29 is 14.3 Å². The minimum absolute atomic E-state index is 0.127. The standard InChI is InChI=1S/C15H21N3O3/c1-2-21-15(20)18-10-8-17(9-11-18)14(19)6-5-13-4-3-7-16-12-13/h3-4,7,12H,2,5-6,8-11H2,1H3. The van der Waals surface area contributed by atoms with Crippen LogP contribution in [0.3, 0.4) is 0 Å². The molecule has 0 N–H and O–H groups in total. The van der Waals surface area contributed by atoms with Gasteiger partial charge in [0.2, 0.25) is 5.91 Å². The second-order valence-electron chi connectivity index (χ2n) is 4.93. The maximum Gasteiger partial charge on any atom is 0.409 e. The van der Waals surface area contributed by atoms with Crippen molar-refractivity contribution in [2.45, 2.75) is 19.8 Å². The smallest absolute Gasteiger partial charge is 0.409 e. The van der Waals surface area contributed by atoms with Crippen LogP contribution >= 0.6 is 0 Å². The number of aromatic nitrogens is 1. The van der Waals surface area contributed by atoms with Crippen LogP contribution in [-0.2, 0) is 16.0 Å². The van der Waals surface area contributed by atoms with Gasteiger partial charge in [-0.1, -0.05) is 6.07 Å². The first kappa shape index (κ1) is 15.3. The summed E-state index contributed by atoms with van der Waals surface area (Å²) in [5.74, 6) is 0.127. The second-order valence-corrected chi connectivity index (χ2v) is 4.93. The molecule has 2 amide bonds. The van der Waals surface area contributed by atoms with Gasteiger partial charge in [-0.05, 0) is 25.0 Å². The molecule has 1 aromatic rings. The highest BCUT2D eigenvalue weighted by atomic mass is 16.6. The van der Waals surface area contributed by atoms with E-state index in [4.69, 9.17) is 4.74 Å². The summed E-state index contributed by atoms with van der Waals surface area (Å²) in [6.07, 6.45) is 4.39. The number of aryl methyl sites for hydroxylation is 1. The molecule has 0 saturated carbocycles. The fraction of sp³-hybridized carbons (Fsp3) is 0.533. The lowest BCUT2D eigenvalue weighted by Gasteiger charge is -2.34. The Labute approximate surface area is 124 Å². The van der Waals surface area contributed by atoms with E-state index in [1.165, 1.54) is 0 Å². The number of hydrogen-bond donors (Lipinski definition) is 0. The van der Waals surface area contributed by atoms with Crippen molar-refractivity contribution in [2.24, 2.45) is 0 Å². The molecular weight excluding hydrogens is 270 g/mol. The highest BCUT2D eigenvalue weighted by Crippen LogP contribution is 2.08. The third-order valence-corrected chi connectivity index (χ3v) is 3.51. The van der Waals surface area contributed by atoms with E-state index < -0.39 is 0 Å². The Morgan fingerprint density at radius 3 is 2.57 bits per heavy atom. The molecular formula is C15H21N3O3. The van der Waals surface area contributed by atoms with Crippen LogP contribution in [0.5, 0.6) is 0 Å². The number of rotatable bonds is 4. The van der Waals surface area contributed by atoms with Crippen LogP contribution in [0, 0.1) is 0 Å². The highest BCUT2D eigenvalue weighted by molar-refractivity contribution is 5.77. The summed E-state index contributed by atoms with van der Waals surface area (Å²) in [4.78, 5) is 31.2. The highest BCUT2D eigenvalue weighted by Gasteiger charge is 2.24. The number of amides is 2. The van der Waals surface area contributed by atoms with Gasteiger partial charge < -0.3 is 14.5 Å². The Bertz CT molecular complexity index is 470. The first-order valence-corrected chi connectivity index (χ1v) is 7.29. The molecule has 1 fully saturated rings. The Morgan fingerprint density at radius 1 is 1.24 bits per heavy atom. The van der Waals surface area contributed by atoms with Gasteiger partial charge in [0.05, 0.1) is 6.61 Å². The van der Waals surface area contributed by atoms with E-state index in [0.717, 1.165) is 5.56 Å². The number of ether oxygens (including phenoxy) is 1. The molecule has 1 aliphatic heterocycles. The first-order valence-electron chi connectivity index (χ1n) is 7.29. The number of carbonyl (C=O) groups is 2. The summed E-state index contributed by atoms with van der Waals surface area (Å²) >= 11 is 0. The van der Waals surface area contributed by atoms with Crippen molar-refractivity contribution in [3.8, 4) is 0 Å². The van der Waals surface area contributed by atoms with Crippen molar-refractivity contribution in [1.29, 1.82) is 0 Å². The van der Waals surface area contributed by atoms with Gasteiger partial charge in [-0.15, -0.1) is 0 Å². The number of piperazine rings is 1. The van der Waals surface area contributed by atoms with Crippen molar-refractivity contribution in [2.75, 3.05) is 32.8 Å². The average molecular weight is 291 g/mol. The zero-order valence-electron chi connectivity index (χ0n) is 12.3. The van der Waals surface area contributed by atoms with E-state index in [0.29, 0.717) is 45.6 Å². The van der Waals surface area contributed by atoms with Crippen LogP contribution in [0.4, 0.5) is 4.79 Å². The fourth-order valence-corrected chi connectivity index (χ4v) is 2.31. The Morgan fingerprint density at radius 2 is 1.95 bits per heavy atom. The lowest BCUT2D eigenvalue weighted by molar-refractivity contribution is -0.132. The van der Waals surface area contributed by atoms with Gasteiger partial charge in [-0.3, -0.25) is 9.78 Å². The fourth-order valence-electron chi connectivity index (χ4n) is 2.31. The Balaban J connectivity index is 1.74. The third-order valence-electron chi connectivity index (χ3n) is 3.51. The van der Waals surface area contributed by atoms with Gasteiger partial charge in [-0.2, -0.15) is 0 Å². The second kappa shape index (κ2) is 7.61. The molecule has 2 rings (SSSR count). The molecule has 1 saturated heterocycles. The number of pyridine rings is 1. The molecule has 0 aromatic carbocycles. The lowest BCUT2D eigenvalue weighted by atomic mass is 10.1. The molecule has 2 heterocycles. The molecule has 0 aliphatic carbocycles. The van der Waals surface area contributed by atoms with E-state index in [-0.39, 0.29) is 12.0 Å². The maximum atomic E-state index is 12.1. The molecule has 0 spiro atoms. The van der Waals surface area contributed by atoms with Gasteiger partial charge >= 0.3 is 6.09 Å². The lowest BCUT2D eigenvalue weighted by Crippen LogP contribution is -2.50. The largest absolute Gasteiger partial charge is 0.450 e. The van der Waals surface area contributed by atoms with Crippen LogP contribution in [0.1, 0.15) is 18.9 Å². The Kier molecular flexibility index (Phi) is 5.54. The Hall–Kier alpha value is -2.11. The average Bonchev–Trinajstić information content (AvgIpc) is 2.54. The van der Waals surface area contributed by atoms with E-state index in [1.807, 2.05) is 17.0 Å². The van der Waals surface area contributed by atoms with Crippen molar-refractivity contribution >= 4 is 12.0 Å². The van der Waals surface area contributed by atoms with Gasteiger partial charge in [-0.25, -0.2) is 4.79 Å². The summed E-state index contributed by atoms with van der Waals surface area (Å²) in [5.41, 5.74) is 1.07. The molecule has 6 heteroatoms. The molecule has 1 aliphatic rings. The third kappa shape index (κ3) is 4.44. The van der Waals surface area contributed by atoms with Crippen LogP contribution < -0.4 is 0 Å². The van der Waals surface area contributed by atoms with Crippen LogP contribution in [-0.4, -0.2) is 59.6 Å². The van der Waals surface area contributed by atoms with E-state index in [9.17, 15) is 9.59 Å². The van der Waals surface area contributed by atoms with Gasteiger partial charge in [0.1, 0.15) is 0 Å². The minimum atomic E-state index is -0.292. The monoisotopic (exact) mass is 291 g/mol. The molecule has 1 aromatic heterocycles.